The smallest absolute Gasteiger partial charge is 0.325 e. The van der Waals surface area contributed by atoms with Crippen molar-refractivity contribution < 1.29 is 27.9 Å². The molecule has 0 saturated heterocycles. The third-order valence-corrected chi connectivity index (χ3v) is 6.59. The van der Waals surface area contributed by atoms with Crippen molar-refractivity contribution in [3.63, 3.8) is 0 Å². The molecule has 0 bridgehead atoms. The number of anilines is 1. The van der Waals surface area contributed by atoms with E-state index in [1.165, 1.54) is 32.2 Å². The molecule has 0 fully saturated rings. The van der Waals surface area contributed by atoms with E-state index in [0.717, 1.165) is 15.6 Å². The highest BCUT2D eigenvalue weighted by atomic mass is 32.2. The fourth-order valence-electron chi connectivity index (χ4n) is 1.93. The lowest BCUT2D eigenvalue weighted by Gasteiger charge is -2.18. The first-order valence-electron chi connectivity index (χ1n) is 7.49. The summed E-state index contributed by atoms with van der Waals surface area (Å²) < 4.78 is 31.6. The van der Waals surface area contributed by atoms with E-state index in [-0.39, 0.29) is 10.8 Å². The standard InChI is InChI=1S/C16H18N2O6S2/c1-11(16(20)21)17-14(19)10-24-13-7-5-12(6-8-13)18(2)26(22,23)15-4-3-9-25-15/h3-9,11H,10H2,1-2H3,(H,17,19)(H,20,21)/t11-/m1/s1. The first-order chi connectivity index (χ1) is 12.2. The Balaban J connectivity index is 1.98. The second kappa shape index (κ2) is 8.19. The molecule has 1 aromatic heterocycles. The summed E-state index contributed by atoms with van der Waals surface area (Å²) in [5, 5.41) is 12.7. The lowest BCUT2D eigenvalue weighted by molar-refractivity contribution is -0.141. The minimum Gasteiger partial charge on any atom is -0.484 e. The van der Waals surface area contributed by atoms with Gasteiger partial charge in [0.1, 0.15) is 16.0 Å². The first kappa shape index (κ1) is 19.7. The summed E-state index contributed by atoms with van der Waals surface area (Å²) >= 11 is 1.13. The van der Waals surface area contributed by atoms with Crippen molar-refractivity contribution in [2.45, 2.75) is 17.2 Å². The van der Waals surface area contributed by atoms with Gasteiger partial charge in [0.05, 0.1) is 5.69 Å². The number of carbonyl (C=O) groups is 2. The number of sulfonamides is 1. The topological polar surface area (TPSA) is 113 Å². The molecule has 2 N–H and O–H groups in total. The van der Waals surface area contributed by atoms with Crippen molar-refractivity contribution in [3.8, 4) is 5.75 Å². The molecule has 0 aliphatic rings. The first-order valence-corrected chi connectivity index (χ1v) is 9.81. The van der Waals surface area contributed by atoms with Crippen LogP contribution in [-0.2, 0) is 19.6 Å². The van der Waals surface area contributed by atoms with Crippen LogP contribution in [0.25, 0.3) is 0 Å². The Morgan fingerprint density at radius 1 is 1.27 bits per heavy atom. The molecule has 2 rings (SSSR count). The van der Waals surface area contributed by atoms with Gasteiger partial charge in [0.25, 0.3) is 15.9 Å². The molecule has 0 unspecified atom stereocenters. The highest BCUT2D eigenvalue weighted by Gasteiger charge is 2.22. The normalized spacial score (nSPS) is 12.2. The highest BCUT2D eigenvalue weighted by Crippen LogP contribution is 2.26. The Labute approximate surface area is 155 Å². The molecule has 26 heavy (non-hydrogen) atoms. The highest BCUT2D eigenvalue weighted by molar-refractivity contribution is 7.94. The largest absolute Gasteiger partial charge is 0.484 e. The molecule has 0 saturated carbocycles. The zero-order valence-corrected chi connectivity index (χ0v) is 15.7. The number of carboxylic acids is 1. The average Bonchev–Trinajstić information content (AvgIpc) is 3.15. The molecule has 1 amide bonds. The van der Waals surface area contributed by atoms with Gasteiger partial charge in [-0.1, -0.05) is 6.07 Å². The monoisotopic (exact) mass is 398 g/mol. The summed E-state index contributed by atoms with van der Waals surface area (Å²) in [6.07, 6.45) is 0. The number of hydrogen-bond donors (Lipinski definition) is 2. The van der Waals surface area contributed by atoms with E-state index in [9.17, 15) is 18.0 Å². The number of hydrogen-bond acceptors (Lipinski definition) is 6. The lowest BCUT2D eigenvalue weighted by Crippen LogP contribution is -2.40. The van der Waals surface area contributed by atoms with Gasteiger partial charge in [-0.25, -0.2) is 8.42 Å². The van der Waals surface area contributed by atoms with E-state index in [0.29, 0.717) is 11.4 Å². The zero-order valence-electron chi connectivity index (χ0n) is 14.1. The Morgan fingerprint density at radius 2 is 1.92 bits per heavy atom. The maximum Gasteiger partial charge on any atom is 0.325 e. The molecule has 140 valence electrons. The fourth-order valence-corrected chi connectivity index (χ4v) is 4.29. The lowest BCUT2D eigenvalue weighted by atomic mass is 10.3. The quantitative estimate of drug-likeness (QED) is 0.697. The second-order valence-electron chi connectivity index (χ2n) is 5.31. The number of nitrogens with zero attached hydrogens (tertiary/aromatic N) is 1. The number of nitrogens with one attached hydrogen (secondary N) is 1. The summed E-state index contributed by atoms with van der Waals surface area (Å²) in [7, 11) is -2.17. The summed E-state index contributed by atoms with van der Waals surface area (Å²) in [6.45, 7) is 0.999. The molecule has 1 heterocycles. The molecular formula is C16H18N2O6S2. The second-order valence-corrected chi connectivity index (χ2v) is 8.46. The van der Waals surface area contributed by atoms with Crippen LogP contribution in [-0.4, -0.2) is 45.1 Å². The molecule has 1 aromatic carbocycles. The summed E-state index contributed by atoms with van der Waals surface area (Å²) in [5.74, 6) is -1.35. The Kier molecular flexibility index (Phi) is 6.22. The number of rotatable bonds is 8. The summed E-state index contributed by atoms with van der Waals surface area (Å²) in [4.78, 5) is 22.3. The van der Waals surface area contributed by atoms with Crippen molar-refractivity contribution in [1.82, 2.24) is 5.32 Å². The zero-order chi connectivity index (χ0) is 19.3. The fraction of sp³-hybridized carbons (Fsp3) is 0.250. The summed E-state index contributed by atoms with van der Waals surface area (Å²) in [5.41, 5.74) is 0.440. The third-order valence-electron chi connectivity index (χ3n) is 3.43. The van der Waals surface area contributed by atoms with Crippen LogP contribution in [0, 0.1) is 0 Å². The summed E-state index contributed by atoms with van der Waals surface area (Å²) in [6, 6.07) is 8.36. The maximum atomic E-state index is 12.5. The third kappa shape index (κ3) is 4.73. The molecule has 1 atom stereocenters. The van der Waals surface area contributed by atoms with Crippen molar-refractivity contribution in [1.29, 1.82) is 0 Å². The Morgan fingerprint density at radius 3 is 2.46 bits per heavy atom. The van der Waals surface area contributed by atoms with Gasteiger partial charge in [-0.2, -0.15) is 0 Å². The average molecular weight is 398 g/mol. The predicted octanol–water partition coefficient (Wildman–Crippen LogP) is 1.54. The predicted molar refractivity (Wildman–Crippen MR) is 97.1 cm³/mol. The molecule has 0 aliphatic heterocycles. The molecule has 2 aromatic rings. The van der Waals surface area contributed by atoms with Crippen LogP contribution < -0.4 is 14.4 Å². The number of amides is 1. The van der Waals surface area contributed by atoms with Crippen molar-refractivity contribution in [2.75, 3.05) is 18.0 Å². The van der Waals surface area contributed by atoms with Gasteiger partial charge in [-0.3, -0.25) is 13.9 Å². The molecule has 10 heteroatoms. The molecule has 0 aliphatic carbocycles. The van der Waals surface area contributed by atoms with E-state index in [4.69, 9.17) is 9.84 Å². The number of carboxylic acid groups (broad SMARTS) is 1. The van der Waals surface area contributed by atoms with E-state index in [1.54, 1.807) is 23.6 Å². The number of carbonyl (C=O) groups excluding carboxylic acids is 1. The van der Waals surface area contributed by atoms with Gasteiger partial charge in [-0.15, -0.1) is 11.3 Å². The van der Waals surface area contributed by atoms with E-state index in [1.807, 2.05) is 0 Å². The van der Waals surface area contributed by atoms with Gasteiger partial charge in [-0.05, 0) is 42.6 Å². The van der Waals surface area contributed by atoms with Crippen LogP contribution in [0.3, 0.4) is 0 Å². The van der Waals surface area contributed by atoms with E-state index < -0.39 is 27.9 Å². The van der Waals surface area contributed by atoms with Crippen LogP contribution in [0.5, 0.6) is 5.75 Å². The minimum absolute atomic E-state index is 0.240. The van der Waals surface area contributed by atoms with Crippen LogP contribution >= 0.6 is 11.3 Å². The van der Waals surface area contributed by atoms with E-state index in [2.05, 4.69) is 5.32 Å². The number of benzene rings is 1. The van der Waals surface area contributed by atoms with Gasteiger partial charge >= 0.3 is 5.97 Å². The van der Waals surface area contributed by atoms with Gasteiger partial charge in [0.2, 0.25) is 0 Å². The van der Waals surface area contributed by atoms with Crippen LogP contribution in [0.15, 0.2) is 46.0 Å². The Hall–Kier alpha value is -2.59. The SMILES string of the molecule is C[C@@H](NC(=O)COc1ccc(N(C)S(=O)(=O)c2cccs2)cc1)C(=O)O. The van der Waals surface area contributed by atoms with Crippen molar-refractivity contribution in [2.24, 2.45) is 0 Å². The number of thiophene rings is 1. The van der Waals surface area contributed by atoms with Crippen molar-refractivity contribution in [3.05, 3.63) is 41.8 Å². The van der Waals surface area contributed by atoms with Gasteiger partial charge in [0.15, 0.2) is 6.61 Å². The number of aliphatic carboxylic acids is 1. The van der Waals surface area contributed by atoms with Gasteiger partial charge < -0.3 is 15.2 Å². The van der Waals surface area contributed by atoms with Crippen LogP contribution in [0.4, 0.5) is 5.69 Å². The minimum atomic E-state index is -3.62. The number of ether oxygens (including phenoxy) is 1. The molecule has 0 radical (unpaired) electrons. The molecule has 0 spiro atoms. The molecular weight excluding hydrogens is 380 g/mol. The van der Waals surface area contributed by atoms with Crippen LogP contribution in [0.2, 0.25) is 0 Å². The van der Waals surface area contributed by atoms with Gasteiger partial charge in [0, 0.05) is 7.05 Å². The maximum absolute atomic E-state index is 12.5. The van der Waals surface area contributed by atoms with Crippen molar-refractivity contribution >= 4 is 38.9 Å². The molecule has 8 nitrogen and oxygen atoms in total. The Bertz CT molecular complexity index is 863. The van der Waals surface area contributed by atoms with Crippen LogP contribution in [0.1, 0.15) is 6.92 Å². The van der Waals surface area contributed by atoms with E-state index >= 15 is 0 Å².